The summed E-state index contributed by atoms with van der Waals surface area (Å²) in [4.78, 5) is 0. The van der Waals surface area contributed by atoms with Crippen molar-refractivity contribution < 1.29 is 10.2 Å². The maximum atomic E-state index is 9.92. The normalized spacial score (nSPS) is 19.4. The van der Waals surface area contributed by atoms with Crippen molar-refractivity contribution in [1.29, 1.82) is 0 Å². The van der Waals surface area contributed by atoms with Crippen LogP contribution in [0.4, 0.5) is 5.69 Å². The molecule has 0 spiro atoms. The summed E-state index contributed by atoms with van der Waals surface area (Å²) < 4.78 is 0. The van der Waals surface area contributed by atoms with Gasteiger partial charge in [-0.3, -0.25) is 0 Å². The fraction of sp³-hybridized carbons (Fsp3) is 0.448. The molecule has 3 nitrogen and oxygen atoms in total. The molecule has 1 aromatic carbocycles. The van der Waals surface area contributed by atoms with Crippen molar-refractivity contribution in [2.45, 2.75) is 70.2 Å². The molecule has 0 bridgehead atoms. The second-order valence-corrected chi connectivity index (χ2v) is 9.35. The quantitative estimate of drug-likeness (QED) is 0.225. The second kappa shape index (κ2) is 13.2. The molecule has 1 aromatic rings. The van der Waals surface area contributed by atoms with Gasteiger partial charge in [0.2, 0.25) is 0 Å². The number of hydrogen-bond acceptors (Lipinski definition) is 3. The van der Waals surface area contributed by atoms with Crippen molar-refractivity contribution in [1.82, 2.24) is 0 Å². The highest BCUT2D eigenvalue weighted by atomic mass is 16.3. The van der Waals surface area contributed by atoms with Gasteiger partial charge in [-0.25, -0.2) is 0 Å². The van der Waals surface area contributed by atoms with Gasteiger partial charge in [-0.05, 0) is 79.8 Å². The predicted molar refractivity (Wildman–Crippen MR) is 139 cm³/mol. The van der Waals surface area contributed by atoms with Gasteiger partial charge in [0, 0.05) is 11.3 Å². The smallest absolute Gasteiger partial charge is 0.150 e. The summed E-state index contributed by atoms with van der Waals surface area (Å²) in [5.41, 5.74) is 15.9. The van der Waals surface area contributed by atoms with Crippen molar-refractivity contribution in [3.05, 3.63) is 89.0 Å². The van der Waals surface area contributed by atoms with E-state index in [9.17, 15) is 10.2 Å². The van der Waals surface area contributed by atoms with Gasteiger partial charge in [0.15, 0.2) is 7.28 Å². The summed E-state index contributed by atoms with van der Waals surface area (Å²) in [6.45, 7) is 4.40. The van der Waals surface area contributed by atoms with E-state index in [0.717, 1.165) is 41.8 Å². The van der Waals surface area contributed by atoms with Crippen LogP contribution in [-0.2, 0) is 6.32 Å². The Morgan fingerprint density at radius 3 is 2.79 bits per heavy atom. The van der Waals surface area contributed by atoms with Gasteiger partial charge in [0.05, 0.1) is 6.10 Å². The third-order valence-electron chi connectivity index (χ3n) is 6.85. The van der Waals surface area contributed by atoms with Crippen molar-refractivity contribution in [2.24, 2.45) is 11.8 Å². The van der Waals surface area contributed by atoms with E-state index >= 15 is 0 Å². The van der Waals surface area contributed by atoms with Crippen LogP contribution in [0.5, 0.6) is 0 Å². The Bertz CT molecular complexity index is 958. The van der Waals surface area contributed by atoms with Crippen molar-refractivity contribution in [3.63, 3.8) is 0 Å². The summed E-state index contributed by atoms with van der Waals surface area (Å²) in [6, 6.07) is 8.01. The topological polar surface area (TPSA) is 66.5 Å². The van der Waals surface area contributed by atoms with Gasteiger partial charge in [-0.2, -0.15) is 0 Å². The Morgan fingerprint density at radius 2 is 2.00 bits per heavy atom. The lowest BCUT2D eigenvalue weighted by Gasteiger charge is -2.25. The highest BCUT2D eigenvalue weighted by molar-refractivity contribution is 6.44. The molecule has 2 unspecified atom stereocenters. The fourth-order valence-corrected chi connectivity index (χ4v) is 4.71. The Morgan fingerprint density at radius 1 is 1.21 bits per heavy atom. The monoisotopic (exact) mass is 442 g/mol. The molecule has 2 atom stereocenters. The van der Waals surface area contributed by atoms with Crippen molar-refractivity contribution in [2.75, 3.05) is 5.73 Å². The number of nitrogen functional groups attached to an aromatic ring is 1. The lowest BCUT2D eigenvalue weighted by atomic mass is 9.59. The van der Waals surface area contributed by atoms with E-state index < -0.39 is 6.10 Å². The van der Waals surface area contributed by atoms with E-state index in [0.29, 0.717) is 17.9 Å². The number of aliphatic hydroxyl groups excluding tert-OH is 2. The molecule has 33 heavy (non-hydrogen) atoms. The zero-order valence-electron chi connectivity index (χ0n) is 19.7. The van der Waals surface area contributed by atoms with Crippen LogP contribution in [0.3, 0.4) is 0 Å². The summed E-state index contributed by atoms with van der Waals surface area (Å²) >= 11 is 0. The van der Waals surface area contributed by atoms with Crippen LogP contribution in [0.15, 0.2) is 83.4 Å². The van der Waals surface area contributed by atoms with Gasteiger partial charge < -0.3 is 15.9 Å². The number of aliphatic hydroxyl groups is 2. The van der Waals surface area contributed by atoms with Crippen molar-refractivity contribution in [3.8, 4) is 0 Å². The Balaban J connectivity index is 1.62. The molecular weight excluding hydrogens is 405 g/mol. The number of allylic oxidation sites excluding steroid dienone is 3. The minimum atomic E-state index is -0.556. The zero-order chi connectivity index (χ0) is 23.5. The predicted octanol–water partition coefficient (Wildman–Crippen LogP) is 6.35. The van der Waals surface area contributed by atoms with Crippen LogP contribution in [0.2, 0.25) is 0 Å². The Hall–Kier alpha value is -2.64. The minimum Gasteiger partial charge on any atom is -0.508 e. The van der Waals surface area contributed by atoms with E-state index in [-0.39, 0.29) is 5.76 Å². The molecule has 2 aliphatic rings. The molecule has 0 heterocycles. The maximum Gasteiger partial charge on any atom is 0.150 e. The fourth-order valence-electron chi connectivity index (χ4n) is 4.71. The molecular formula is C29H37BNO2. The standard InChI is InChI=1S/C29H37BNO2/c1-22(30-21-26-14-8-9-15-28(26)31)24(17-16-23-10-4-2-5-11-23)12-6-3-7-13-25-20-27(32)18-19-29(25)33/h6,8-9,13-15,19-20,23-24,27,32-33H,1-2,4-5,10-12,16-18,21,31H2. The summed E-state index contributed by atoms with van der Waals surface area (Å²) in [7, 11) is 2.22. The SMILES string of the molecule is C=C([B]Cc1ccccc1N)C(CC=C=C=CC1=CC(O)CC=C1O)CCC1CCCCC1. The zero-order valence-corrected chi connectivity index (χ0v) is 19.7. The molecule has 173 valence electrons. The molecule has 0 aromatic heterocycles. The van der Waals surface area contributed by atoms with E-state index in [2.05, 4.69) is 31.4 Å². The molecule has 0 amide bonds. The number of benzene rings is 1. The van der Waals surface area contributed by atoms with E-state index in [1.165, 1.54) is 38.5 Å². The number of nitrogens with two attached hydrogens (primary N) is 1. The van der Waals surface area contributed by atoms with Crippen LogP contribution < -0.4 is 5.73 Å². The number of para-hydroxylation sites is 1. The Labute approximate surface area is 200 Å². The number of hydrogen-bond donors (Lipinski definition) is 3. The van der Waals surface area contributed by atoms with E-state index in [4.69, 9.17) is 5.73 Å². The average molecular weight is 442 g/mol. The molecule has 0 aliphatic heterocycles. The minimum absolute atomic E-state index is 0.183. The first-order valence-corrected chi connectivity index (χ1v) is 12.3. The van der Waals surface area contributed by atoms with E-state index in [1.54, 1.807) is 18.2 Å². The average Bonchev–Trinajstić information content (AvgIpc) is 2.83. The molecule has 4 N–H and O–H groups in total. The van der Waals surface area contributed by atoms with Crippen LogP contribution >= 0.6 is 0 Å². The molecule has 1 fully saturated rings. The highest BCUT2D eigenvalue weighted by Crippen LogP contribution is 2.31. The summed E-state index contributed by atoms with van der Waals surface area (Å²) in [5.74, 6) is 1.40. The third kappa shape index (κ3) is 8.33. The van der Waals surface area contributed by atoms with Crippen LogP contribution in [0, 0.1) is 11.8 Å². The first-order valence-electron chi connectivity index (χ1n) is 12.3. The van der Waals surface area contributed by atoms with Gasteiger partial charge in [0.25, 0.3) is 0 Å². The Kier molecular flexibility index (Phi) is 9.97. The lowest BCUT2D eigenvalue weighted by molar-refractivity contribution is 0.220. The van der Waals surface area contributed by atoms with Gasteiger partial charge in [-0.1, -0.05) is 61.8 Å². The van der Waals surface area contributed by atoms with Gasteiger partial charge in [0.1, 0.15) is 5.76 Å². The highest BCUT2D eigenvalue weighted by Gasteiger charge is 2.18. The van der Waals surface area contributed by atoms with Crippen LogP contribution in [0.1, 0.15) is 63.4 Å². The molecule has 1 saturated carbocycles. The second-order valence-electron chi connectivity index (χ2n) is 9.35. The first kappa shape index (κ1) is 25.0. The summed E-state index contributed by atoms with van der Waals surface area (Å²) in [6.07, 6.45) is 17.7. The third-order valence-corrected chi connectivity index (χ3v) is 6.85. The summed E-state index contributed by atoms with van der Waals surface area (Å²) in [5, 5.41) is 19.6. The van der Waals surface area contributed by atoms with Crippen LogP contribution in [0.25, 0.3) is 0 Å². The van der Waals surface area contributed by atoms with E-state index in [1.807, 2.05) is 24.3 Å². The molecule has 2 aliphatic carbocycles. The molecule has 3 rings (SSSR count). The van der Waals surface area contributed by atoms with Crippen molar-refractivity contribution >= 4 is 13.0 Å². The molecule has 4 heteroatoms. The van der Waals surface area contributed by atoms with Gasteiger partial charge in [-0.15, -0.1) is 12.1 Å². The number of anilines is 1. The van der Waals surface area contributed by atoms with Gasteiger partial charge >= 0.3 is 0 Å². The maximum absolute atomic E-state index is 9.92. The largest absolute Gasteiger partial charge is 0.508 e. The molecule has 1 radical (unpaired) electrons. The first-order chi connectivity index (χ1) is 16.0. The molecule has 0 saturated heterocycles. The number of rotatable bonds is 10. The van der Waals surface area contributed by atoms with Crippen LogP contribution in [-0.4, -0.2) is 23.6 Å². The lowest BCUT2D eigenvalue weighted by Crippen LogP contribution is -2.14.